The van der Waals surface area contributed by atoms with E-state index in [9.17, 15) is 4.79 Å². The first-order chi connectivity index (χ1) is 10.4. The summed E-state index contributed by atoms with van der Waals surface area (Å²) in [5.41, 5.74) is -0.0316. The zero-order valence-corrected chi connectivity index (χ0v) is 17.8. The highest BCUT2D eigenvalue weighted by molar-refractivity contribution is 14.0. The molecule has 0 unspecified atom stereocenters. The molecule has 0 spiro atoms. The third kappa shape index (κ3) is 6.85. The molecule has 136 valence electrons. The van der Waals surface area contributed by atoms with Crippen LogP contribution in [0.2, 0.25) is 0 Å². The zero-order chi connectivity index (χ0) is 16.6. The first kappa shape index (κ1) is 22.5. The fraction of sp³-hybridized carbons (Fsp3) is 0.882. The van der Waals surface area contributed by atoms with Gasteiger partial charge in [-0.25, -0.2) is 0 Å². The monoisotopic (exact) mass is 438 g/mol. The Labute approximate surface area is 158 Å². The molecule has 0 bridgehead atoms. The second kappa shape index (κ2) is 10.4. The predicted octanol–water partition coefficient (Wildman–Crippen LogP) is 2.90. The van der Waals surface area contributed by atoms with Crippen LogP contribution in [0.15, 0.2) is 4.99 Å². The number of guanidine groups is 1. The number of rotatable bonds is 7. The lowest BCUT2D eigenvalue weighted by Gasteiger charge is -2.30. The van der Waals surface area contributed by atoms with Gasteiger partial charge in [0.2, 0.25) is 5.91 Å². The van der Waals surface area contributed by atoms with E-state index in [1.54, 1.807) is 7.05 Å². The number of nitrogens with one attached hydrogen (secondary N) is 3. The highest BCUT2D eigenvalue weighted by atomic mass is 127. The van der Waals surface area contributed by atoms with Crippen LogP contribution in [0.25, 0.3) is 0 Å². The molecule has 0 aromatic rings. The number of hydrogen-bond donors (Lipinski definition) is 3. The molecule has 1 amide bonds. The van der Waals surface area contributed by atoms with Gasteiger partial charge in [-0.1, -0.05) is 19.8 Å². The molecule has 0 aliphatic heterocycles. The largest absolute Gasteiger partial charge is 0.356 e. The smallest absolute Gasteiger partial charge is 0.227 e. The van der Waals surface area contributed by atoms with Crippen LogP contribution in [0.1, 0.15) is 59.8 Å². The fourth-order valence-electron chi connectivity index (χ4n) is 3.06. The Kier molecular flexibility index (Phi) is 10.1. The van der Waals surface area contributed by atoms with Crippen molar-refractivity contribution in [3.8, 4) is 0 Å². The minimum Gasteiger partial charge on any atom is -0.356 e. The van der Waals surface area contributed by atoms with Gasteiger partial charge in [0.1, 0.15) is 0 Å². The molecule has 3 N–H and O–H groups in total. The van der Waals surface area contributed by atoms with Gasteiger partial charge in [-0.2, -0.15) is 0 Å². The molecule has 0 saturated heterocycles. The molecular weight excluding hydrogens is 403 g/mol. The molecule has 0 atom stereocenters. The van der Waals surface area contributed by atoms with Crippen molar-refractivity contribution in [2.24, 2.45) is 15.8 Å². The van der Waals surface area contributed by atoms with E-state index in [1.807, 2.05) is 20.8 Å². The molecule has 23 heavy (non-hydrogen) atoms. The molecule has 0 aromatic heterocycles. The van der Waals surface area contributed by atoms with Gasteiger partial charge < -0.3 is 16.0 Å². The Hall–Kier alpha value is -0.530. The van der Waals surface area contributed by atoms with E-state index in [1.165, 1.54) is 32.1 Å². The minimum atomic E-state index is -0.455. The molecule has 6 heteroatoms. The molecule has 5 nitrogen and oxygen atoms in total. The number of carbonyl (C=O) groups is 1. The van der Waals surface area contributed by atoms with Crippen LogP contribution in [0, 0.1) is 10.8 Å². The summed E-state index contributed by atoms with van der Waals surface area (Å²) in [4.78, 5) is 16.3. The standard InChI is InChI=1S/C17H34N4O.HI/c1-6-17(10-8-9-11-17)13-21-15(18-5)20-12-16(3,4)14(22)19-7-2;/h6-13H2,1-5H3,(H,19,22)(H2,18,20,21);1H. The highest BCUT2D eigenvalue weighted by Gasteiger charge is 2.32. The van der Waals surface area contributed by atoms with Crippen molar-refractivity contribution >= 4 is 35.8 Å². The van der Waals surface area contributed by atoms with Gasteiger partial charge in [0.25, 0.3) is 0 Å². The number of amides is 1. The maximum absolute atomic E-state index is 12.0. The molecular formula is C17H35IN4O. The van der Waals surface area contributed by atoms with Crippen LogP contribution < -0.4 is 16.0 Å². The first-order valence-electron chi connectivity index (χ1n) is 8.62. The molecule has 1 aliphatic carbocycles. The summed E-state index contributed by atoms with van der Waals surface area (Å²) in [5.74, 6) is 0.857. The summed E-state index contributed by atoms with van der Waals surface area (Å²) in [7, 11) is 1.78. The van der Waals surface area contributed by atoms with E-state index in [4.69, 9.17) is 0 Å². The highest BCUT2D eigenvalue weighted by Crippen LogP contribution is 2.40. The number of hydrogen-bond acceptors (Lipinski definition) is 2. The quantitative estimate of drug-likeness (QED) is 0.325. The van der Waals surface area contributed by atoms with Crippen molar-refractivity contribution in [3.63, 3.8) is 0 Å². The Balaban J connectivity index is 0.00000484. The summed E-state index contributed by atoms with van der Waals surface area (Å²) in [6, 6.07) is 0. The van der Waals surface area contributed by atoms with Crippen molar-refractivity contribution in [1.29, 1.82) is 0 Å². The van der Waals surface area contributed by atoms with Gasteiger partial charge >= 0.3 is 0 Å². The third-order valence-electron chi connectivity index (χ3n) is 4.92. The Morgan fingerprint density at radius 1 is 1.13 bits per heavy atom. The third-order valence-corrected chi connectivity index (χ3v) is 4.92. The van der Waals surface area contributed by atoms with E-state index in [2.05, 4.69) is 27.9 Å². The summed E-state index contributed by atoms with van der Waals surface area (Å²) in [5, 5.41) is 9.63. The second-order valence-electron chi connectivity index (χ2n) is 7.08. The van der Waals surface area contributed by atoms with E-state index >= 15 is 0 Å². The van der Waals surface area contributed by atoms with Crippen molar-refractivity contribution < 1.29 is 4.79 Å². The van der Waals surface area contributed by atoms with E-state index in [0.717, 1.165) is 12.5 Å². The molecule has 1 fully saturated rings. The van der Waals surface area contributed by atoms with Crippen molar-refractivity contribution in [2.45, 2.75) is 59.8 Å². The van der Waals surface area contributed by atoms with Gasteiger partial charge in [0.05, 0.1) is 5.41 Å². The van der Waals surface area contributed by atoms with Crippen molar-refractivity contribution in [1.82, 2.24) is 16.0 Å². The molecule has 1 rings (SSSR count). The zero-order valence-electron chi connectivity index (χ0n) is 15.4. The Morgan fingerprint density at radius 2 is 1.74 bits per heavy atom. The van der Waals surface area contributed by atoms with Crippen molar-refractivity contribution in [3.05, 3.63) is 0 Å². The van der Waals surface area contributed by atoms with Crippen LogP contribution >= 0.6 is 24.0 Å². The van der Waals surface area contributed by atoms with Crippen LogP contribution in [0.5, 0.6) is 0 Å². The maximum Gasteiger partial charge on any atom is 0.227 e. The van der Waals surface area contributed by atoms with Crippen LogP contribution in [-0.4, -0.2) is 38.5 Å². The molecule has 0 radical (unpaired) electrons. The second-order valence-corrected chi connectivity index (χ2v) is 7.08. The lowest BCUT2D eigenvalue weighted by atomic mass is 9.83. The first-order valence-corrected chi connectivity index (χ1v) is 8.62. The van der Waals surface area contributed by atoms with Crippen LogP contribution in [0.4, 0.5) is 0 Å². The number of aliphatic imine (C=N–C) groups is 1. The summed E-state index contributed by atoms with van der Waals surface area (Å²) in [6.07, 6.45) is 6.49. The van der Waals surface area contributed by atoms with E-state index < -0.39 is 5.41 Å². The summed E-state index contributed by atoms with van der Waals surface area (Å²) >= 11 is 0. The molecule has 0 heterocycles. The average molecular weight is 438 g/mol. The molecule has 1 aliphatic rings. The minimum absolute atomic E-state index is 0. The predicted molar refractivity (Wildman–Crippen MR) is 108 cm³/mol. The van der Waals surface area contributed by atoms with E-state index in [-0.39, 0.29) is 29.9 Å². The van der Waals surface area contributed by atoms with Crippen LogP contribution in [-0.2, 0) is 4.79 Å². The fourth-order valence-corrected chi connectivity index (χ4v) is 3.06. The molecule has 1 saturated carbocycles. The van der Waals surface area contributed by atoms with E-state index in [0.29, 0.717) is 18.5 Å². The topological polar surface area (TPSA) is 65.5 Å². The number of nitrogens with zero attached hydrogens (tertiary/aromatic N) is 1. The lowest BCUT2D eigenvalue weighted by molar-refractivity contribution is -0.128. The van der Waals surface area contributed by atoms with Gasteiger partial charge in [0.15, 0.2) is 5.96 Å². The lowest BCUT2D eigenvalue weighted by Crippen LogP contribution is -2.49. The molecule has 0 aromatic carbocycles. The van der Waals surface area contributed by atoms with Crippen molar-refractivity contribution in [2.75, 3.05) is 26.7 Å². The Bertz CT molecular complexity index is 390. The normalized spacial score (nSPS) is 17.3. The number of halogens is 1. The summed E-state index contributed by atoms with van der Waals surface area (Å²) in [6.45, 7) is 10.3. The maximum atomic E-state index is 12.0. The van der Waals surface area contributed by atoms with Gasteiger partial charge in [0, 0.05) is 26.7 Å². The van der Waals surface area contributed by atoms with Gasteiger partial charge in [-0.3, -0.25) is 9.79 Å². The van der Waals surface area contributed by atoms with Gasteiger partial charge in [-0.05, 0) is 45.4 Å². The van der Waals surface area contributed by atoms with Crippen LogP contribution in [0.3, 0.4) is 0 Å². The summed E-state index contributed by atoms with van der Waals surface area (Å²) < 4.78 is 0. The van der Waals surface area contributed by atoms with Gasteiger partial charge in [-0.15, -0.1) is 24.0 Å². The SMILES string of the molecule is CCNC(=O)C(C)(C)CNC(=NC)NCC1(CC)CCCC1.I. The Morgan fingerprint density at radius 3 is 2.22 bits per heavy atom. The number of carbonyl (C=O) groups excluding carboxylic acids is 1. The average Bonchev–Trinajstić information content (AvgIpc) is 2.97.